The molecule has 0 N–H and O–H groups in total. The van der Waals surface area contributed by atoms with Crippen molar-refractivity contribution >= 4 is 5.97 Å². The number of nitrogens with zero attached hydrogens (tertiary/aromatic N) is 1. The normalized spacial score (nSPS) is 28.3. The summed E-state index contributed by atoms with van der Waals surface area (Å²) in [6, 6.07) is 10.3. The van der Waals surface area contributed by atoms with Gasteiger partial charge >= 0.3 is 5.97 Å². The summed E-state index contributed by atoms with van der Waals surface area (Å²) in [5, 5.41) is 0. The zero-order valence-electron chi connectivity index (χ0n) is 11.3. The van der Waals surface area contributed by atoms with E-state index in [1.54, 1.807) is 0 Å². The van der Waals surface area contributed by atoms with Crippen molar-refractivity contribution in [3.05, 3.63) is 35.9 Å². The third kappa shape index (κ3) is 2.15. The van der Waals surface area contributed by atoms with Gasteiger partial charge in [-0.05, 0) is 19.5 Å². The Kier molecular flexibility index (Phi) is 3.71. The molecular weight excluding hydrogens is 226 g/mol. The highest BCUT2D eigenvalue weighted by Crippen LogP contribution is 2.40. The van der Waals surface area contributed by atoms with Crippen LogP contribution >= 0.6 is 0 Å². The van der Waals surface area contributed by atoms with Gasteiger partial charge in [0, 0.05) is 19.4 Å². The van der Waals surface area contributed by atoms with Crippen molar-refractivity contribution in [1.29, 1.82) is 0 Å². The zero-order chi connectivity index (χ0) is 13.2. The van der Waals surface area contributed by atoms with E-state index in [9.17, 15) is 4.79 Å². The van der Waals surface area contributed by atoms with E-state index in [0.717, 1.165) is 18.5 Å². The molecule has 3 heteroatoms. The lowest BCUT2D eigenvalue weighted by Crippen LogP contribution is -2.42. The Balaban J connectivity index is 2.38. The van der Waals surface area contributed by atoms with Crippen LogP contribution in [0, 0.1) is 0 Å². The van der Waals surface area contributed by atoms with Crippen molar-refractivity contribution in [2.45, 2.75) is 38.3 Å². The van der Waals surface area contributed by atoms with E-state index >= 15 is 0 Å². The summed E-state index contributed by atoms with van der Waals surface area (Å²) in [5.74, 6) is -0.124. The number of carbonyl (C=O) groups excluding carboxylic acids is 1. The number of esters is 1. The van der Waals surface area contributed by atoms with Crippen LogP contribution in [0.5, 0.6) is 0 Å². The van der Waals surface area contributed by atoms with Crippen LogP contribution in [-0.4, -0.2) is 30.5 Å². The minimum Gasteiger partial charge on any atom is -0.452 e. The maximum atomic E-state index is 11.8. The maximum absolute atomic E-state index is 11.8. The highest BCUT2D eigenvalue weighted by Gasteiger charge is 2.47. The van der Waals surface area contributed by atoms with Gasteiger partial charge < -0.3 is 4.74 Å². The number of rotatable bonds is 3. The highest BCUT2D eigenvalue weighted by molar-refractivity contribution is 5.70. The van der Waals surface area contributed by atoms with Crippen LogP contribution < -0.4 is 0 Å². The number of likely N-dealkylation sites (N-methyl/N-ethyl adjacent to an activating group) is 1. The summed E-state index contributed by atoms with van der Waals surface area (Å²) >= 11 is 0. The molecule has 98 valence electrons. The second kappa shape index (κ2) is 5.11. The summed E-state index contributed by atoms with van der Waals surface area (Å²) in [5.41, 5.74) is 0.618. The number of ether oxygens (including phenoxy) is 1. The molecular formula is C15H21NO2. The summed E-state index contributed by atoms with van der Waals surface area (Å²) in [4.78, 5) is 14.0. The van der Waals surface area contributed by atoms with Gasteiger partial charge in [0.25, 0.3) is 0 Å². The van der Waals surface area contributed by atoms with Crippen molar-refractivity contribution in [2.75, 3.05) is 13.6 Å². The topological polar surface area (TPSA) is 29.5 Å². The van der Waals surface area contributed by atoms with Crippen LogP contribution in [0.2, 0.25) is 0 Å². The Morgan fingerprint density at radius 1 is 1.44 bits per heavy atom. The van der Waals surface area contributed by atoms with Crippen LogP contribution in [0.1, 0.15) is 32.3 Å². The molecule has 0 aliphatic carbocycles. The molecule has 1 saturated heterocycles. The van der Waals surface area contributed by atoms with Crippen LogP contribution in [0.15, 0.2) is 30.3 Å². The van der Waals surface area contributed by atoms with Gasteiger partial charge in [0.05, 0.1) is 6.04 Å². The Labute approximate surface area is 109 Å². The fourth-order valence-electron chi connectivity index (χ4n) is 2.68. The van der Waals surface area contributed by atoms with Crippen molar-refractivity contribution < 1.29 is 9.53 Å². The summed E-state index contributed by atoms with van der Waals surface area (Å²) in [6.45, 7) is 4.92. The van der Waals surface area contributed by atoms with E-state index in [2.05, 4.69) is 31.0 Å². The van der Waals surface area contributed by atoms with E-state index in [1.165, 1.54) is 0 Å². The highest BCUT2D eigenvalue weighted by atomic mass is 16.6. The first kappa shape index (κ1) is 13.1. The third-order valence-corrected chi connectivity index (χ3v) is 4.02. The molecule has 1 aliphatic heterocycles. The van der Waals surface area contributed by atoms with E-state index < -0.39 is 5.60 Å². The van der Waals surface area contributed by atoms with E-state index in [1.807, 2.05) is 25.1 Å². The number of benzene rings is 1. The Morgan fingerprint density at radius 3 is 2.61 bits per heavy atom. The fraction of sp³-hybridized carbons (Fsp3) is 0.533. The fourth-order valence-corrected chi connectivity index (χ4v) is 2.68. The van der Waals surface area contributed by atoms with Gasteiger partial charge in [-0.1, -0.05) is 37.3 Å². The molecule has 2 rings (SSSR count). The zero-order valence-corrected chi connectivity index (χ0v) is 11.3. The molecule has 0 saturated carbocycles. The number of hydrogen-bond acceptors (Lipinski definition) is 3. The van der Waals surface area contributed by atoms with E-state index in [4.69, 9.17) is 4.74 Å². The molecule has 1 aromatic carbocycles. The van der Waals surface area contributed by atoms with E-state index in [0.29, 0.717) is 6.42 Å². The molecule has 0 spiro atoms. The molecule has 1 aliphatic rings. The Hall–Kier alpha value is -1.35. The van der Waals surface area contributed by atoms with Gasteiger partial charge in [-0.25, -0.2) is 0 Å². The average molecular weight is 247 g/mol. The van der Waals surface area contributed by atoms with Gasteiger partial charge in [-0.2, -0.15) is 0 Å². The Morgan fingerprint density at radius 2 is 2.11 bits per heavy atom. The lowest BCUT2D eigenvalue weighted by Gasteiger charge is -2.35. The molecule has 0 aromatic heterocycles. The maximum Gasteiger partial charge on any atom is 0.306 e. The largest absolute Gasteiger partial charge is 0.452 e. The van der Waals surface area contributed by atoms with Crippen LogP contribution in [-0.2, 0) is 15.1 Å². The van der Waals surface area contributed by atoms with Crippen LogP contribution in [0.25, 0.3) is 0 Å². The van der Waals surface area contributed by atoms with Crippen molar-refractivity contribution in [3.63, 3.8) is 0 Å². The van der Waals surface area contributed by atoms with Crippen molar-refractivity contribution in [3.8, 4) is 0 Å². The monoisotopic (exact) mass is 247 g/mol. The molecule has 18 heavy (non-hydrogen) atoms. The molecule has 1 fully saturated rings. The lowest BCUT2D eigenvalue weighted by atomic mass is 9.87. The summed E-state index contributed by atoms with van der Waals surface area (Å²) in [6.07, 6.45) is 1.28. The van der Waals surface area contributed by atoms with Gasteiger partial charge in [0.2, 0.25) is 0 Å². The molecule has 1 aromatic rings. The molecule has 0 amide bonds. The number of carbonyl (C=O) groups is 1. The molecule has 0 unspecified atom stereocenters. The SMILES string of the molecule is CCC(=O)O[C@]1(c2ccccc2)CCN(C)[C@@H]1C. The standard InChI is InChI=1S/C15H21NO2/c1-4-14(17)18-15(10-11-16(3)12(15)2)13-8-6-5-7-9-13/h5-9,12H,4,10-11H2,1-3H3/t12-,15-/m1/s1. The minimum atomic E-state index is -0.483. The van der Waals surface area contributed by atoms with Gasteiger partial charge in [0.15, 0.2) is 5.60 Å². The Bertz CT molecular complexity index is 418. The number of hydrogen-bond donors (Lipinski definition) is 0. The quantitative estimate of drug-likeness (QED) is 0.769. The molecule has 3 nitrogen and oxygen atoms in total. The summed E-state index contributed by atoms with van der Waals surface area (Å²) in [7, 11) is 2.08. The predicted molar refractivity (Wildman–Crippen MR) is 71.2 cm³/mol. The van der Waals surface area contributed by atoms with E-state index in [-0.39, 0.29) is 12.0 Å². The minimum absolute atomic E-state index is 0.124. The molecule has 1 heterocycles. The first-order chi connectivity index (χ1) is 8.60. The first-order valence-electron chi connectivity index (χ1n) is 6.57. The van der Waals surface area contributed by atoms with Gasteiger partial charge in [-0.15, -0.1) is 0 Å². The average Bonchev–Trinajstić information content (AvgIpc) is 2.69. The van der Waals surface area contributed by atoms with Crippen LogP contribution in [0.3, 0.4) is 0 Å². The second-order valence-corrected chi connectivity index (χ2v) is 4.99. The second-order valence-electron chi connectivity index (χ2n) is 4.99. The smallest absolute Gasteiger partial charge is 0.306 e. The number of likely N-dealkylation sites (tertiary alicyclic amines) is 1. The van der Waals surface area contributed by atoms with Crippen molar-refractivity contribution in [2.24, 2.45) is 0 Å². The van der Waals surface area contributed by atoms with Gasteiger partial charge in [0.1, 0.15) is 0 Å². The molecule has 2 atom stereocenters. The molecule has 0 radical (unpaired) electrons. The predicted octanol–water partition coefficient (Wildman–Crippen LogP) is 2.56. The lowest BCUT2D eigenvalue weighted by molar-refractivity contribution is -0.163. The van der Waals surface area contributed by atoms with Gasteiger partial charge in [-0.3, -0.25) is 9.69 Å². The third-order valence-electron chi connectivity index (χ3n) is 4.02. The summed E-state index contributed by atoms with van der Waals surface area (Å²) < 4.78 is 5.84. The van der Waals surface area contributed by atoms with Crippen LogP contribution in [0.4, 0.5) is 0 Å². The molecule has 0 bridgehead atoms. The van der Waals surface area contributed by atoms with Crippen molar-refractivity contribution in [1.82, 2.24) is 4.90 Å². The first-order valence-corrected chi connectivity index (χ1v) is 6.57.